The first-order valence-electron chi connectivity index (χ1n) is 6.65. The van der Waals surface area contributed by atoms with Crippen molar-refractivity contribution in [1.29, 1.82) is 0 Å². The number of halogens is 2. The smallest absolute Gasteiger partial charge is 0.316 e. The Labute approximate surface area is 113 Å². The predicted octanol–water partition coefficient (Wildman–Crippen LogP) is 4.58. The van der Waals surface area contributed by atoms with Gasteiger partial charge in [0.15, 0.2) is 0 Å². The first-order chi connectivity index (χ1) is 8.43. The number of hydrogen-bond acceptors (Lipinski definition) is 2. The first-order valence-corrected chi connectivity index (χ1v) is 7.70. The Morgan fingerprint density at radius 3 is 2.39 bits per heavy atom. The number of carbonyl (C=O) groups is 1. The maximum atomic E-state index is 13.2. The third kappa shape index (κ3) is 8.72. The first kappa shape index (κ1) is 17.7. The van der Waals surface area contributed by atoms with Crippen molar-refractivity contribution >= 4 is 17.7 Å². The van der Waals surface area contributed by atoms with Crippen molar-refractivity contribution in [2.24, 2.45) is 0 Å². The van der Waals surface area contributed by atoms with Crippen LogP contribution in [0.25, 0.3) is 0 Å². The van der Waals surface area contributed by atoms with Crippen LogP contribution in [0.1, 0.15) is 58.8 Å². The zero-order valence-electron chi connectivity index (χ0n) is 11.3. The lowest BCUT2D eigenvalue weighted by Crippen LogP contribution is -2.18. The van der Waals surface area contributed by atoms with Crippen LogP contribution >= 0.6 is 11.8 Å². The van der Waals surface area contributed by atoms with Gasteiger partial charge in [-0.25, -0.2) is 8.78 Å². The highest BCUT2D eigenvalue weighted by atomic mass is 32.2. The molecule has 0 aliphatic carbocycles. The molecular formula is C13H24F2O2S. The van der Waals surface area contributed by atoms with Crippen molar-refractivity contribution in [1.82, 2.24) is 0 Å². The zero-order valence-corrected chi connectivity index (χ0v) is 12.1. The van der Waals surface area contributed by atoms with Crippen molar-refractivity contribution in [3.8, 4) is 0 Å². The van der Waals surface area contributed by atoms with E-state index in [2.05, 4.69) is 0 Å². The molecule has 0 saturated heterocycles. The van der Waals surface area contributed by atoms with Crippen molar-refractivity contribution in [2.75, 3.05) is 5.75 Å². The summed E-state index contributed by atoms with van der Waals surface area (Å²) in [5, 5.41) is 8.53. The van der Waals surface area contributed by atoms with Gasteiger partial charge in [-0.2, -0.15) is 0 Å². The molecule has 108 valence electrons. The maximum Gasteiger partial charge on any atom is 0.316 e. The number of aliphatic carboxylic acids is 1. The van der Waals surface area contributed by atoms with E-state index in [0.717, 1.165) is 12.8 Å². The van der Waals surface area contributed by atoms with Gasteiger partial charge in [0.05, 0.1) is 0 Å². The number of carboxylic acid groups (broad SMARTS) is 1. The van der Waals surface area contributed by atoms with Crippen molar-refractivity contribution in [3.63, 3.8) is 0 Å². The Balaban J connectivity index is 3.82. The monoisotopic (exact) mass is 282 g/mol. The fourth-order valence-corrected chi connectivity index (χ4v) is 2.79. The van der Waals surface area contributed by atoms with Gasteiger partial charge < -0.3 is 5.11 Å². The number of alkyl halides is 2. The van der Waals surface area contributed by atoms with Gasteiger partial charge in [-0.3, -0.25) is 4.79 Å². The van der Waals surface area contributed by atoms with Crippen LogP contribution < -0.4 is 0 Å². The molecule has 0 aromatic rings. The van der Waals surface area contributed by atoms with E-state index in [9.17, 15) is 13.6 Å². The highest BCUT2D eigenvalue weighted by Gasteiger charge is 2.27. The summed E-state index contributed by atoms with van der Waals surface area (Å²) in [5.41, 5.74) is 0. The van der Waals surface area contributed by atoms with Crippen LogP contribution in [-0.2, 0) is 4.79 Å². The van der Waals surface area contributed by atoms with E-state index in [-0.39, 0.29) is 12.8 Å². The molecule has 1 unspecified atom stereocenters. The van der Waals surface area contributed by atoms with E-state index in [1.165, 1.54) is 11.8 Å². The minimum Gasteiger partial charge on any atom is -0.480 e. The van der Waals surface area contributed by atoms with E-state index in [0.29, 0.717) is 25.0 Å². The van der Waals surface area contributed by atoms with Crippen molar-refractivity contribution in [2.45, 2.75) is 70.0 Å². The second kappa shape index (κ2) is 9.59. The quantitative estimate of drug-likeness (QED) is 0.564. The fourth-order valence-electron chi connectivity index (χ4n) is 1.71. The average molecular weight is 282 g/mol. The summed E-state index contributed by atoms with van der Waals surface area (Å²) in [6, 6.07) is 0. The second-order valence-corrected chi connectivity index (χ2v) is 5.86. The molecule has 0 saturated carbocycles. The third-order valence-corrected chi connectivity index (χ3v) is 4.08. The van der Waals surface area contributed by atoms with Gasteiger partial charge in [0.2, 0.25) is 5.92 Å². The lowest BCUT2D eigenvalue weighted by Gasteiger charge is -2.16. The van der Waals surface area contributed by atoms with Crippen LogP contribution in [0.2, 0.25) is 0 Å². The molecule has 5 heteroatoms. The molecule has 0 rings (SSSR count). The molecule has 2 nitrogen and oxygen atoms in total. The third-order valence-electron chi connectivity index (χ3n) is 2.72. The molecule has 0 aromatic carbocycles. The minimum absolute atomic E-state index is 0.0736. The van der Waals surface area contributed by atoms with Gasteiger partial charge in [0.1, 0.15) is 5.25 Å². The van der Waals surface area contributed by atoms with Crippen LogP contribution in [0.3, 0.4) is 0 Å². The largest absolute Gasteiger partial charge is 0.480 e. The summed E-state index contributed by atoms with van der Waals surface area (Å²) in [4.78, 5) is 10.9. The van der Waals surface area contributed by atoms with Gasteiger partial charge in [-0.05, 0) is 18.6 Å². The molecule has 0 aliphatic rings. The van der Waals surface area contributed by atoms with Crippen LogP contribution in [0.5, 0.6) is 0 Å². The van der Waals surface area contributed by atoms with E-state index in [4.69, 9.17) is 5.11 Å². The molecule has 0 aliphatic heterocycles. The SMILES string of the molecule is CCCCC(SCCCC(F)(F)CCC)C(=O)O. The summed E-state index contributed by atoms with van der Waals surface area (Å²) in [5.74, 6) is -2.91. The Kier molecular flexibility index (Phi) is 9.42. The molecule has 1 N–H and O–H groups in total. The highest BCUT2D eigenvalue weighted by molar-refractivity contribution is 8.00. The Bertz CT molecular complexity index is 235. The predicted molar refractivity (Wildman–Crippen MR) is 72.5 cm³/mol. The molecule has 0 spiro atoms. The molecule has 0 fully saturated rings. The standard InChI is InChI=1S/C13H24F2O2S/c1-3-5-7-11(12(16)17)18-10-6-9-13(14,15)8-4-2/h11H,3-10H2,1-2H3,(H,16,17). The summed E-state index contributed by atoms with van der Waals surface area (Å²) >= 11 is 1.30. The molecule has 18 heavy (non-hydrogen) atoms. The molecule has 0 radical (unpaired) electrons. The lowest BCUT2D eigenvalue weighted by molar-refractivity contribution is -0.136. The number of thioether (sulfide) groups is 1. The van der Waals surface area contributed by atoms with Crippen LogP contribution in [0.15, 0.2) is 0 Å². The lowest BCUT2D eigenvalue weighted by atomic mass is 10.1. The Morgan fingerprint density at radius 1 is 1.22 bits per heavy atom. The summed E-state index contributed by atoms with van der Waals surface area (Å²) in [6.45, 7) is 3.75. The zero-order chi connectivity index (χ0) is 14.0. The maximum absolute atomic E-state index is 13.2. The van der Waals surface area contributed by atoms with Crippen LogP contribution in [-0.4, -0.2) is 28.0 Å². The fraction of sp³-hybridized carbons (Fsp3) is 0.923. The summed E-state index contributed by atoms with van der Waals surface area (Å²) < 4.78 is 26.4. The summed E-state index contributed by atoms with van der Waals surface area (Å²) in [6.07, 6.45) is 3.11. The van der Waals surface area contributed by atoms with Crippen molar-refractivity contribution in [3.05, 3.63) is 0 Å². The van der Waals surface area contributed by atoms with Gasteiger partial charge in [-0.15, -0.1) is 11.8 Å². The van der Waals surface area contributed by atoms with Gasteiger partial charge in [0.25, 0.3) is 0 Å². The van der Waals surface area contributed by atoms with Crippen molar-refractivity contribution < 1.29 is 18.7 Å². The van der Waals surface area contributed by atoms with E-state index in [1.54, 1.807) is 6.92 Å². The molecule has 0 heterocycles. The molecule has 0 amide bonds. The average Bonchev–Trinajstić information content (AvgIpc) is 2.27. The van der Waals surface area contributed by atoms with Gasteiger partial charge >= 0.3 is 5.97 Å². The summed E-state index contributed by atoms with van der Waals surface area (Å²) in [7, 11) is 0. The van der Waals surface area contributed by atoms with Gasteiger partial charge in [0, 0.05) is 12.8 Å². The number of unbranched alkanes of at least 4 members (excludes halogenated alkanes) is 1. The number of hydrogen-bond donors (Lipinski definition) is 1. The van der Waals surface area contributed by atoms with Crippen LogP contribution in [0.4, 0.5) is 8.78 Å². The van der Waals surface area contributed by atoms with E-state index in [1.807, 2.05) is 6.92 Å². The molecular weight excluding hydrogens is 258 g/mol. The molecule has 0 bridgehead atoms. The minimum atomic E-state index is -2.59. The Morgan fingerprint density at radius 2 is 1.89 bits per heavy atom. The number of rotatable bonds is 11. The highest BCUT2D eigenvalue weighted by Crippen LogP contribution is 2.28. The normalized spacial score (nSPS) is 13.6. The Hall–Kier alpha value is -0.320. The van der Waals surface area contributed by atoms with E-state index >= 15 is 0 Å². The molecule has 0 aromatic heterocycles. The van der Waals surface area contributed by atoms with E-state index < -0.39 is 17.1 Å². The number of carboxylic acids is 1. The molecule has 1 atom stereocenters. The second-order valence-electron chi connectivity index (χ2n) is 4.55. The van der Waals surface area contributed by atoms with Gasteiger partial charge in [-0.1, -0.05) is 33.1 Å². The topological polar surface area (TPSA) is 37.3 Å². The van der Waals surface area contributed by atoms with Crippen LogP contribution in [0, 0.1) is 0 Å².